The fraction of sp³-hybridized carbons (Fsp3) is 0.500. The molecule has 0 radical (unpaired) electrons. The molecule has 1 heterocycles. The molecule has 0 bridgehead atoms. The van der Waals surface area contributed by atoms with Crippen LogP contribution in [0, 0.1) is 13.8 Å². The van der Waals surface area contributed by atoms with Gasteiger partial charge in [-0.2, -0.15) is 0 Å². The van der Waals surface area contributed by atoms with E-state index in [-0.39, 0.29) is 0 Å². The van der Waals surface area contributed by atoms with Crippen LogP contribution in [0.2, 0.25) is 0 Å². The quantitative estimate of drug-likeness (QED) is 0.497. The molecule has 2 heteroatoms. The van der Waals surface area contributed by atoms with Crippen LogP contribution in [0.3, 0.4) is 0 Å². The Morgan fingerprint density at radius 2 is 2.06 bits per heavy atom. The molecule has 0 spiro atoms. The van der Waals surface area contributed by atoms with Crippen LogP contribution in [-0.2, 0) is 6.42 Å². The van der Waals surface area contributed by atoms with E-state index in [1.54, 1.807) is 0 Å². The number of unbranched alkanes of at least 4 members (excludes halogenated alkanes) is 3. The molecule has 0 atom stereocenters. The number of aromatic nitrogens is 1. The molecule has 1 nitrogen and oxygen atoms in total. The maximum atomic E-state index is 4.55. The molecular weight excluding hydrogens is 214 g/mol. The second-order valence-corrected chi connectivity index (χ2v) is 5.41. The molecule has 0 saturated carbocycles. The lowest BCUT2D eigenvalue weighted by Gasteiger charge is -1.98. The van der Waals surface area contributed by atoms with Crippen LogP contribution in [0.25, 0.3) is 0 Å². The predicted molar refractivity (Wildman–Crippen MR) is 73.1 cm³/mol. The van der Waals surface area contributed by atoms with E-state index in [1.165, 1.54) is 41.3 Å². The molecule has 1 aromatic rings. The van der Waals surface area contributed by atoms with E-state index in [2.05, 4.69) is 31.5 Å². The molecule has 16 heavy (non-hydrogen) atoms. The summed E-state index contributed by atoms with van der Waals surface area (Å²) >= 11 is 1.81. The van der Waals surface area contributed by atoms with Crippen molar-refractivity contribution in [3.63, 3.8) is 0 Å². The van der Waals surface area contributed by atoms with Gasteiger partial charge in [0, 0.05) is 4.88 Å². The first-order chi connectivity index (χ1) is 7.74. The van der Waals surface area contributed by atoms with E-state index < -0.39 is 0 Å². The van der Waals surface area contributed by atoms with Crippen molar-refractivity contribution in [1.82, 2.24) is 4.98 Å². The summed E-state index contributed by atoms with van der Waals surface area (Å²) in [4.78, 5) is 5.94. The lowest BCUT2D eigenvalue weighted by molar-refractivity contribution is 0.679. The Hall–Kier alpha value is -0.890. The average molecular weight is 235 g/mol. The van der Waals surface area contributed by atoms with Crippen LogP contribution in [0.5, 0.6) is 0 Å². The Morgan fingerprint density at radius 3 is 2.69 bits per heavy atom. The minimum atomic E-state index is 1.14. The lowest BCUT2D eigenvalue weighted by atomic mass is 10.1. The number of aryl methyl sites for hydroxylation is 3. The zero-order valence-corrected chi connectivity index (χ0v) is 11.1. The van der Waals surface area contributed by atoms with Gasteiger partial charge in [0.25, 0.3) is 0 Å². The van der Waals surface area contributed by atoms with Crippen LogP contribution in [0.15, 0.2) is 24.8 Å². The Bertz CT molecular complexity index is 350. The van der Waals surface area contributed by atoms with E-state index in [1.807, 2.05) is 23.5 Å². The van der Waals surface area contributed by atoms with Crippen molar-refractivity contribution in [2.24, 2.45) is 0 Å². The van der Waals surface area contributed by atoms with E-state index in [9.17, 15) is 0 Å². The Kier molecular flexibility index (Phi) is 6.09. The van der Waals surface area contributed by atoms with E-state index in [0.717, 1.165) is 6.42 Å². The van der Waals surface area contributed by atoms with Crippen molar-refractivity contribution in [1.29, 1.82) is 0 Å². The number of rotatable bonds is 7. The summed E-state index contributed by atoms with van der Waals surface area (Å²) in [5.41, 5.74) is 1.31. The SMILES string of the molecule is C=CC=CCCCCCc1nc(C)sc1C. The maximum Gasteiger partial charge on any atom is 0.0900 e. The van der Waals surface area contributed by atoms with Gasteiger partial charge in [-0.1, -0.05) is 31.2 Å². The summed E-state index contributed by atoms with van der Waals surface area (Å²) in [6, 6.07) is 0. The zero-order valence-electron chi connectivity index (χ0n) is 10.3. The zero-order chi connectivity index (χ0) is 11.8. The molecule has 0 aliphatic heterocycles. The minimum absolute atomic E-state index is 1.14. The summed E-state index contributed by atoms with van der Waals surface area (Å²) in [5.74, 6) is 0. The number of hydrogen-bond acceptors (Lipinski definition) is 2. The van der Waals surface area contributed by atoms with Gasteiger partial charge >= 0.3 is 0 Å². The van der Waals surface area contributed by atoms with E-state index in [0.29, 0.717) is 0 Å². The Morgan fingerprint density at radius 1 is 1.25 bits per heavy atom. The van der Waals surface area contributed by atoms with Gasteiger partial charge in [-0.25, -0.2) is 4.98 Å². The normalized spacial score (nSPS) is 11.1. The average Bonchev–Trinajstić information content (AvgIpc) is 2.56. The van der Waals surface area contributed by atoms with Crippen molar-refractivity contribution in [2.45, 2.75) is 46.0 Å². The smallest absolute Gasteiger partial charge is 0.0900 e. The summed E-state index contributed by atoms with van der Waals surface area (Å²) in [6.45, 7) is 7.91. The van der Waals surface area contributed by atoms with Gasteiger partial charge in [-0.05, 0) is 39.5 Å². The number of thiazole rings is 1. The van der Waals surface area contributed by atoms with Crippen LogP contribution in [-0.4, -0.2) is 4.98 Å². The van der Waals surface area contributed by atoms with Gasteiger partial charge < -0.3 is 0 Å². The third-order valence-electron chi connectivity index (χ3n) is 2.56. The molecule has 88 valence electrons. The van der Waals surface area contributed by atoms with E-state index in [4.69, 9.17) is 0 Å². The highest BCUT2D eigenvalue weighted by atomic mass is 32.1. The largest absolute Gasteiger partial charge is 0.246 e. The molecule has 1 aromatic heterocycles. The molecule has 0 aliphatic carbocycles. The van der Waals surface area contributed by atoms with Crippen molar-refractivity contribution >= 4 is 11.3 Å². The van der Waals surface area contributed by atoms with Crippen LogP contribution in [0.4, 0.5) is 0 Å². The van der Waals surface area contributed by atoms with E-state index >= 15 is 0 Å². The number of allylic oxidation sites excluding steroid dienone is 3. The Balaban J connectivity index is 2.14. The van der Waals surface area contributed by atoms with Gasteiger partial charge in [0.05, 0.1) is 10.7 Å². The lowest BCUT2D eigenvalue weighted by Crippen LogP contribution is -1.88. The van der Waals surface area contributed by atoms with Crippen LogP contribution >= 0.6 is 11.3 Å². The fourth-order valence-corrected chi connectivity index (χ4v) is 2.59. The predicted octanol–water partition coefficient (Wildman–Crippen LogP) is 4.61. The highest BCUT2D eigenvalue weighted by Gasteiger charge is 2.03. The van der Waals surface area contributed by atoms with Crippen molar-refractivity contribution in [3.05, 3.63) is 40.4 Å². The monoisotopic (exact) mass is 235 g/mol. The molecule has 0 N–H and O–H groups in total. The van der Waals surface area contributed by atoms with Gasteiger partial charge in [-0.3, -0.25) is 0 Å². The van der Waals surface area contributed by atoms with Crippen molar-refractivity contribution in [2.75, 3.05) is 0 Å². The summed E-state index contributed by atoms with van der Waals surface area (Å²) < 4.78 is 0. The molecule has 0 fully saturated rings. The molecule has 0 saturated heterocycles. The fourth-order valence-electron chi connectivity index (χ4n) is 1.73. The highest BCUT2D eigenvalue weighted by molar-refractivity contribution is 7.11. The van der Waals surface area contributed by atoms with Gasteiger partial charge in [0.15, 0.2) is 0 Å². The highest BCUT2D eigenvalue weighted by Crippen LogP contribution is 2.18. The molecule has 1 rings (SSSR count). The Labute approximate surface area is 103 Å². The number of nitrogens with zero attached hydrogens (tertiary/aromatic N) is 1. The minimum Gasteiger partial charge on any atom is -0.246 e. The standard InChI is InChI=1S/C14H21NS/c1-4-5-6-7-8-9-10-11-14-12(2)16-13(3)15-14/h4-6H,1,7-11H2,2-3H3. The summed E-state index contributed by atoms with van der Waals surface area (Å²) in [5, 5.41) is 1.20. The molecule has 0 amide bonds. The van der Waals surface area contributed by atoms with Crippen LogP contribution < -0.4 is 0 Å². The topological polar surface area (TPSA) is 12.9 Å². The first-order valence-corrected chi connectivity index (χ1v) is 6.76. The molecular formula is C14H21NS. The third kappa shape index (κ3) is 4.75. The van der Waals surface area contributed by atoms with Crippen molar-refractivity contribution in [3.8, 4) is 0 Å². The molecule has 0 aromatic carbocycles. The van der Waals surface area contributed by atoms with Crippen LogP contribution in [0.1, 0.15) is 41.3 Å². The first-order valence-electron chi connectivity index (χ1n) is 5.94. The van der Waals surface area contributed by atoms with Gasteiger partial charge in [0.1, 0.15) is 0 Å². The second-order valence-electron chi connectivity index (χ2n) is 4.00. The summed E-state index contributed by atoms with van der Waals surface area (Å²) in [6.07, 6.45) is 12.2. The first kappa shape index (κ1) is 13.2. The third-order valence-corrected chi connectivity index (χ3v) is 3.48. The molecule has 0 unspecified atom stereocenters. The molecule has 0 aliphatic rings. The number of hydrogen-bond donors (Lipinski definition) is 0. The maximum absolute atomic E-state index is 4.55. The van der Waals surface area contributed by atoms with Crippen molar-refractivity contribution < 1.29 is 0 Å². The second kappa shape index (κ2) is 7.39. The van der Waals surface area contributed by atoms with Gasteiger partial charge in [0.2, 0.25) is 0 Å². The van der Waals surface area contributed by atoms with Gasteiger partial charge in [-0.15, -0.1) is 11.3 Å². The summed E-state index contributed by atoms with van der Waals surface area (Å²) in [7, 11) is 0.